The number of aryl methyl sites for hydroxylation is 2. The van der Waals surface area contributed by atoms with Crippen LogP contribution in [0.3, 0.4) is 0 Å². The van der Waals surface area contributed by atoms with Crippen LogP contribution in [-0.2, 0) is 10.3 Å². The molecular weight excluding hydrogens is 246 g/mol. The van der Waals surface area contributed by atoms with Crippen molar-refractivity contribution in [1.82, 2.24) is 0 Å². The van der Waals surface area contributed by atoms with Crippen molar-refractivity contribution in [2.24, 2.45) is 11.7 Å². The predicted molar refractivity (Wildman–Crippen MR) is 84.8 cm³/mol. The topological polar surface area (TPSA) is 35.2 Å². The van der Waals surface area contributed by atoms with Crippen LogP contribution in [0.25, 0.3) is 0 Å². The van der Waals surface area contributed by atoms with Crippen molar-refractivity contribution in [3.63, 3.8) is 0 Å². The van der Waals surface area contributed by atoms with E-state index in [2.05, 4.69) is 66.7 Å². The minimum atomic E-state index is -0.379. The van der Waals surface area contributed by atoms with Gasteiger partial charge < -0.3 is 10.5 Å². The fourth-order valence-electron chi connectivity index (χ4n) is 3.77. The maximum atomic E-state index is 6.78. The molecule has 1 heterocycles. The van der Waals surface area contributed by atoms with Gasteiger partial charge in [0.05, 0.1) is 11.2 Å². The molecule has 0 radical (unpaired) electrons. The van der Waals surface area contributed by atoms with Gasteiger partial charge in [-0.2, -0.15) is 0 Å². The monoisotopic (exact) mass is 275 g/mol. The molecular formula is C18H29NO. The van der Waals surface area contributed by atoms with Crippen LogP contribution in [-0.4, -0.2) is 11.2 Å². The smallest absolute Gasteiger partial charge is 0.0683 e. The molecule has 0 amide bonds. The highest BCUT2D eigenvalue weighted by Gasteiger charge is 2.52. The minimum Gasteiger partial charge on any atom is -0.369 e. The molecule has 2 N–H and O–H groups in total. The Balaban J connectivity index is 2.41. The van der Waals surface area contributed by atoms with E-state index in [1.807, 2.05) is 0 Å². The van der Waals surface area contributed by atoms with E-state index in [9.17, 15) is 0 Å². The van der Waals surface area contributed by atoms with Crippen molar-refractivity contribution in [3.8, 4) is 0 Å². The van der Waals surface area contributed by atoms with Crippen molar-refractivity contribution < 1.29 is 4.74 Å². The average molecular weight is 275 g/mol. The summed E-state index contributed by atoms with van der Waals surface area (Å²) in [6, 6.07) is 6.57. The van der Waals surface area contributed by atoms with E-state index < -0.39 is 0 Å². The summed E-state index contributed by atoms with van der Waals surface area (Å²) in [5.41, 5.74) is 9.92. The molecule has 1 aliphatic rings. The largest absolute Gasteiger partial charge is 0.369 e. The predicted octanol–water partition coefficient (Wildman–Crippen LogP) is 4.07. The molecule has 0 bridgehead atoms. The van der Waals surface area contributed by atoms with Gasteiger partial charge in [0.2, 0.25) is 0 Å². The van der Waals surface area contributed by atoms with E-state index in [0.717, 1.165) is 6.42 Å². The summed E-state index contributed by atoms with van der Waals surface area (Å²) in [6.07, 6.45) is 0.986. The van der Waals surface area contributed by atoms with E-state index in [0.29, 0.717) is 5.92 Å². The van der Waals surface area contributed by atoms with Gasteiger partial charge in [-0.25, -0.2) is 0 Å². The molecule has 0 aromatic heterocycles. The van der Waals surface area contributed by atoms with Gasteiger partial charge in [0.15, 0.2) is 0 Å². The lowest BCUT2D eigenvalue weighted by Gasteiger charge is -2.39. The summed E-state index contributed by atoms with van der Waals surface area (Å²) in [4.78, 5) is 0. The first-order valence-electron chi connectivity index (χ1n) is 7.52. The molecule has 2 unspecified atom stereocenters. The van der Waals surface area contributed by atoms with Crippen LogP contribution in [0, 0.1) is 19.8 Å². The van der Waals surface area contributed by atoms with Crippen LogP contribution >= 0.6 is 0 Å². The molecule has 2 atom stereocenters. The van der Waals surface area contributed by atoms with Crippen molar-refractivity contribution in [1.29, 1.82) is 0 Å². The molecule has 0 spiro atoms. The third-order valence-corrected chi connectivity index (χ3v) is 4.93. The molecule has 0 saturated carbocycles. The minimum absolute atomic E-state index is 0.103. The van der Waals surface area contributed by atoms with Crippen LogP contribution in [0.2, 0.25) is 0 Å². The van der Waals surface area contributed by atoms with Crippen molar-refractivity contribution >= 4 is 0 Å². The first-order valence-corrected chi connectivity index (χ1v) is 7.52. The molecule has 112 valence electrons. The maximum absolute atomic E-state index is 6.78. The number of rotatable bonds is 2. The Labute approximate surface area is 123 Å². The Morgan fingerprint density at radius 3 is 2.20 bits per heavy atom. The Bertz CT molecular complexity index is 514. The summed E-state index contributed by atoms with van der Waals surface area (Å²) < 4.78 is 6.23. The molecule has 2 heteroatoms. The summed E-state index contributed by atoms with van der Waals surface area (Å²) in [5.74, 6) is 0.298. The van der Waals surface area contributed by atoms with Gasteiger partial charge in [-0.1, -0.05) is 18.2 Å². The summed E-state index contributed by atoms with van der Waals surface area (Å²) in [5, 5.41) is 0. The van der Waals surface area contributed by atoms with Crippen LogP contribution in [0.5, 0.6) is 0 Å². The van der Waals surface area contributed by atoms with Gasteiger partial charge in [0.1, 0.15) is 0 Å². The van der Waals surface area contributed by atoms with E-state index in [-0.39, 0.29) is 16.7 Å². The van der Waals surface area contributed by atoms with Crippen LogP contribution < -0.4 is 5.73 Å². The van der Waals surface area contributed by atoms with Crippen LogP contribution in [0.4, 0.5) is 0 Å². The third kappa shape index (κ3) is 2.64. The Morgan fingerprint density at radius 2 is 1.75 bits per heavy atom. The first kappa shape index (κ1) is 15.5. The van der Waals surface area contributed by atoms with Gasteiger partial charge in [-0.3, -0.25) is 0 Å². The zero-order chi connectivity index (χ0) is 15.3. The average Bonchev–Trinajstić information content (AvgIpc) is 2.51. The van der Waals surface area contributed by atoms with Crippen molar-refractivity contribution in [3.05, 3.63) is 34.9 Å². The molecule has 1 aromatic carbocycles. The van der Waals surface area contributed by atoms with Gasteiger partial charge in [-0.05, 0) is 71.6 Å². The van der Waals surface area contributed by atoms with Crippen molar-refractivity contribution in [2.45, 2.75) is 71.6 Å². The Morgan fingerprint density at radius 1 is 1.15 bits per heavy atom. The van der Waals surface area contributed by atoms with Crippen molar-refractivity contribution in [2.75, 3.05) is 0 Å². The number of hydrogen-bond acceptors (Lipinski definition) is 2. The molecule has 1 aromatic rings. The lowest BCUT2D eigenvalue weighted by atomic mass is 9.70. The lowest BCUT2D eigenvalue weighted by molar-refractivity contribution is -0.0814. The zero-order valence-corrected chi connectivity index (χ0v) is 14.0. The molecule has 20 heavy (non-hydrogen) atoms. The third-order valence-electron chi connectivity index (χ3n) is 4.93. The van der Waals surface area contributed by atoms with E-state index in [1.54, 1.807) is 0 Å². The molecule has 1 fully saturated rings. The second kappa shape index (κ2) is 4.57. The number of ether oxygens (including phenoxy) is 1. The van der Waals surface area contributed by atoms with Crippen LogP contribution in [0.15, 0.2) is 18.2 Å². The SMILES string of the molecule is Cc1ccc(C(C)(N)C2CC(C)(C)OC2(C)C)cc1C. The fourth-order valence-corrected chi connectivity index (χ4v) is 3.77. The van der Waals surface area contributed by atoms with Crippen LogP contribution in [0.1, 0.15) is 57.7 Å². The highest BCUT2D eigenvalue weighted by Crippen LogP contribution is 2.49. The molecule has 1 saturated heterocycles. The zero-order valence-electron chi connectivity index (χ0n) is 14.0. The quantitative estimate of drug-likeness (QED) is 0.883. The summed E-state index contributed by atoms with van der Waals surface area (Å²) in [7, 11) is 0. The Hall–Kier alpha value is -0.860. The van der Waals surface area contributed by atoms with E-state index in [1.165, 1.54) is 16.7 Å². The maximum Gasteiger partial charge on any atom is 0.0683 e. The standard InChI is InChI=1S/C18H29NO/c1-12-8-9-14(10-13(12)2)18(7,19)15-11-16(3,4)20-17(15,5)6/h8-10,15H,11,19H2,1-7H3. The molecule has 2 nitrogen and oxygen atoms in total. The number of hydrogen-bond donors (Lipinski definition) is 1. The fraction of sp³-hybridized carbons (Fsp3) is 0.667. The van der Waals surface area contributed by atoms with Gasteiger partial charge in [-0.15, -0.1) is 0 Å². The summed E-state index contributed by atoms with van der Waals surface area (Å²) in [6.45, 7) is 15.1. The molecule has 0 aliphatic carbocycles. The highest BCUT2D eigenvalue weighted by molar-refractivity contribution is 5.35. The highest BCUT2D eigenvalue weighted by atomic mass is 16.5. The first-order chi connectivity index (χ1) is 8.96. The normalized spacial score (nSPS) is 27.3. The van der Waals surface area contributed by atoms with Gasteiger partial charge in [0.25, 0.3) is 0 Å². The van der Waals surface area contributed by atoms with E-state index in [4.69, 9.17) is 10.5 Å². The summed E-state index contributed by atoms with van der Waals surface area (Å²) >= 11 is 0. The lowest BCUT2D eigenvalue weighted by Crippen LogP contribution is -2.48. The Kier molecular flexibility index (Phi) is 3.55. The molecule has 1 aliphatic heterocycles. The molecule has 2 rings (SSSR count). The van der Waals surface area contributed by atoms with E-state index >= 15 is 0 Å². The number of nitrogens with two attached hydrogens (primary N) is 1. The number of benzene rings is 1. The van der Waals surface area contributed by atoms with Gasteiger partial charge >= 0.3 is 0 Å². The van der Waals surface area contributed by atoms with Gasteiger partial charge in [0, 0.05) is 11.5 Å². The second-order valence-electron chi connectivity index (χ2n) is 7.80. The second-order valence-corrected chi connectivity index (χ2v) is 7.80.